The van der Waals surface area contributed by atoms with E-state index in [0.29, 0.717) is 12.5 Å². The van der Waals surface area contributed by atoms with Crippen LogP contribution in [0.15, 0.2) is 59.2 Å². The molecule has 1 aliphatic heterocycles. The summed E-state index contributed by atoms with van der Waals surface area (Å²) in [6.07, 6.45) is 1.67. The number of piperazine rings is 1. The molecule has 0 amide bonds. The third-order valence-electron chi connectivity index (χ3n) is 4.57. The van der Waals surface area contributed by atoms with Crippen molar-refractivity contribution in [3.05, 3.63) is 66.2 Å². The Balaban J connectivity index is 1.41. The van der Waals surface area contributed by atoms with E-state index in [1.807, 2.05) is 19.1 Å². The van der Waals surface area contributed by atoms with Crippen molar-refractivity contribution in [1.82, 2.24) is 9.97 Å². The lowest BCUT2D eigenvalue weighted by atomic mass is 10.2. The number of aryl methyl sites for hydroxylation is 1. The van der Waals surface area contributed by atoms with Crippen molar-refractivity contribution in [3.8, 4) is 0 Å². The van der Waals surface area contributed by atoms with Crippen LogP contribution in [0.2, 0.25) is 0 Å². The molecule has 0 spiro atoms. The Morgan fingerprint density at radius 1 is 0.962 bits per heavy atom. The lowest BCUT2D eigenvalue weighted by molar-refractivity contribution is 0.517. The van der Waals surface area contributed by atoms with Crippen LogP contribution in [0.1, 0.15) is 11.5 Å². The number of anilines is 3. The largest absolute Gasteiger partial charge is 0.467 e. The molecule has 2 aromatic heterocycles. The molecular formula is C20H23N5O. The summed E-state index contributed by atoms with van der Waals surface area (Å²) in [6, 6.07) is 16.4. The predicted octanol–water partition coefficient (Wildman–Crippen LogP) is 3.32. The summed E-state index contributed by atoms with van der Waals surface area (Å²) in [5.74, 6) is 2.49. The molecule has 6 heteroatoms. The molecule has 1 N–H and O–H groups in total. The van der Waals surface area contributed by atoms with Crippen molar-refractivity contribution < 1.29 is 4.42 Å². The van der Waals surface area contributed by atoms with E-state index in [9.17, 15) is 0 Å². The highest BCUT2D eigenvalue weighted by atomic mass is 16.3. The highest BCUT2D eigenvalue weighted by Crippen LogP contribution is 2.20. The second-order valence-corrected chi connectivity index (χ2v) is 6.43. The average molecular weight is 349 g/mol. The van der Waals surface area contributed by atoms with Gasteiger partial charge < -0.3 is 19.5 Å². The summed E-state index contributed by atoms with van der Waals surface area (Å²) in [5.41, 5.74) is 2.24. The Labute approximate surface area is 153 Å². The number of rotatable bonds is 5. The van der Waals surface area contributed by atoms with Gasteiger partial charge in [0.15, 0.2) is 0 Å². The molecule has 1 fully saturated rings. The molecular weight excluding hydrogens is 326 g/mol. The fraction of sp³-hybridized carbons (Fsp3) is 0.300. The van der Waals surface area contributed by atoms with Crippen LogP contribution in [0, 0.1) is 6.92 Å². The number of benzene rings is 1. The normalized spacial score (nSPS) is 14.5. The van der Waals surface area contributed by atoms with E-state index in [1.54, 1.807) is 6.26 Å². The minimum Gasteiger partial charge on any atom is -0.467 e. The van der Waals surface area contributed by atoms with Gasteiger partial charge in [-0.3, -0.25) is 0 Å². The molecule has 4 rings (SSSR count). The van der Waals surface area contributed by atoms with E-state index < -0.39 is 0 Å². The number of nitrogens with one attached hydrogen (secondary N) is 1. The Bertz CT molecular complexity index is 827. The fourth-order valence-corrected chi connectivity index (χ4v) is 3.20. The number of hydrogen-bond acceptors (Lipinski definition) is 6. The summed E-state index contributed by atoms with van der Waals surface area (Å²) in [6.45, 7) is 6.46. The van der Waals surface area contributed by atoms with Crippen LogP contribution in [0.3, 0.4) is 0 Å². The smallest absolute Gasteiger partial charge is 0.225 e. The lowest BCUT2D eigenvalue weighted by Crippen LogP contribution is -2.46. The second kappa shape index (κ2) is 7.47. The molecule has 0 unspecified atom stereocenters. The zero-order valence-electron chi connectivity index (χ0n) is 14.9. The maximum absolute atomic E-state index is 5.35. The molecule has 134 valence electrons. The van der Waals surface area contributed by atoms with Gasteiger partial charge in [-0.2, -0.15) is 4.98 Å². The van der Waals surface area contributed by atoms with E-state index in [4.69, 9.17) is 9.40 Å². The molecule has 0 aliphatic carbocycles. The molecule has 3 aromatic rings. The third kappa shape index (κ3) is 3.79. The van der Waals surface area contributed by atoms with Crippen LogP contribution < -0.4 is 15.1 Å². The van der Waals surface area contributed by atoms with Crippen molar-refractivity contribution in [2.45, 2.75) is 13.5 Å². The number of para-hydroxylation sites is 1. The SMILES string of the molecule is Cc1cc(N2CCN(c3ccccc3)CC2)nc(NCc2ccco2)n1. The quantitative estimate of drug-likeness (QED) is 0.763. The van der Waals surface area contributed by atoms with Crippen LogP contribution in [0.25, 0.3) is 0 Å². The van der Waals surface area contributed by atoms with Gasteiger partial charge in [-0.25, -0.2) is 4.98 Å². The number of aromatic nitrogens is 2. The number of nitrogens with zero attached hydrogens (tertiary/aromatic N) is 4. The van der Waals surface area contributed by atoms with Crippen molar-refractivity contribution >= 4 is 17.5 Å². The van der Waals surface area contributed by atoms with Crippen molar-refractivity contribution in [2.75, 3.05) is 41.3 Å². The number of furan rings is 1. The first-order valence-electron chi connectivity index (χ1n) is 8.95. The van der Waals surface area contributed by atoms with Gasteiger partial charge >= 0.3 is 0 Å². The van der Waals surface area contributed by atoms with Crippen LogP contribution in [0.4, 0.5) is 17.5 Å². The van der Waals surface area contributed by atoms with Crippen LogP contribution >= 0.6 is 0 Å². The monoisotopic (exact) mass is 349 g/mol. The molecule has 0 radical (unpaired) electrons. The second-order valence-electron chi connectivity index (χ2n) is 6.43. The standard InChI is InChI=1S/C20H23N5O/c1-16-14-19(23-20(22-16)21-15-18-8-5-13-26-18)25-11-9-24(10-12-25)17-6-3-2-4-7-17/h2-8,13-14H,9-12,15H2,1H3,(H,21,22,23). The molecule has 1 aromatic carbocycles. The maximum atomic E-state index is 5.35. The molecule has 3 heterocycles. The zero-order valence-corrected chi connectivity index (χ0v) is 14.9. The van der Waals surface area contributed by atoms with E-state index in [1.165, 1.54) is 5.69 Å². The van der Waals surface area contributed by atoms with Gasteiger partial charge in [-0.05, 0) is 31.2 Å². The van der Waals surface area contributed by atoms with Gasteiger partial charge in [0.25, 0.3) is 0 Å². The van der Waals surface area contributed by atoms with Gasteiger partial charge in [-0.1, -0.05) is 18.2 Å². The van der Waals surface area contributed by atoms with Crippen molar-refractivity contribution in [3.63, 3.8) is 0 Å². The van der Waals surface area contributed by atoms with Crippen LogP contribution in [0.5, 0.6) is 0 Å². The summed E-state index contributed by atoms with van der Waals surface area (Å²) in [7, 11) is 0. The van der Waals surface area contributed by atoms with E-state index >= 15 is 0 Å². The molecule has 0 atom stereocenters. The Morgan fingerprint density at radius 3 is 2.46 bits per heavy atom. The first-order chi connectivity index (χ1) is 12.8. The first kappa shape index (κ1) is 16.4. The van der Waals surface area contributed by atoms with Crippen LogP contribution in [-0.4, -0.2) is 36.1 Å². The highest BCUT2D eigenvalue weighted by Gasteiger charge is 2.19. The molecule has 0 saturated carbocycles. The highest BCUT2D eigenvalue weighted by molar-refractivity contribution is 5.50. The van der Waals surface area contributed by atoms with E-state index in [2.05, 4.69) is 56.5 Å². The lowest BCUT2D eigenvalue weighted by Gasteiger charge is -2.36. The molecule has 1 saturated heterocycles. The van der Waals surface area contributed by atoms with Crippen LogP contribution in [-0.2, 0) is 6.54 Å². The maximum Gasteiger partial charge on any atom is 0.225 e. The summed E-state index contributed by atoms with van der Waals surface area (Å²) in [4.78, 5) is 13.9. The zero-order chi connectivity index (χ0) is 17.8. The van der Waals surface area contributed by atoms with Gasteiger partial charge in [0.2, 0.25) is 5.95 Å². The minimum atomic E-state index is 0.581. The van der Waals surface area contributed by atoms with E-state index in [-0.39, 0.29) is 0 Å². The summed E-state index contributed by atoms with van der Waals surface area (Å²) >= 11 is 0. The predicted molar refractivity (Wildman–Crippen MR) is 104 cm³/mol. The fourth-order valence-electron chi connectivity index (χ4n) is 3.20. The Kier molecular flexibility index (Phi) is 4.73. The molecule has 6 nitrogen and oxygen atoms in total. The van der Waals surface area contributed by atoms with Crippen molar-refractivity contribution in [2.24, 2.45) is 0 Å². The molecule has 0 bridgehead atoms. The molecule has 26 heavy (non-hydrogen) atoms. The van der Waals surface area contributed by atoms with Gasteiger partial charge in [0, 0.05) is 43.6 Å². The third-order valence-corrected chi connectivity index (χ3v) is 4.57. The Morgan fingerprint density at radius 2 is 1.73 bits per heavy atom. The van der Waals surface area contributed by atoms with Gasteiger partial charge in [0.05, 0.1) is 12.8 Å². The molecule has 1 aliphatic rings. The average Bonchev–Trinajstić information content (AvgIpc) is 3.20. The summed E-state index contributed by atoms with van der Waals surface area (Å²) < 4.78 is 5.35. The minimum absolute atomic E-state index is 0.581. The van der Waals surface area contributed by atoms with Crippen molar-refractivity contribution in [1.29, 1.82) is 0 Å². The van der Waals surface area contributed by atoms with Gasteiger partial charge in [-0.15, -0.1) is 0 Å². The van der Waals surface area contributed by atoms with Gasteiger partial charge in [0.1, 0.15) is 11.6 Å². The summed E-state index contributed by atoms with van der Waals surface area (Å²) in [5, 5.41) is 3.25. The topological polar surface area (TPSA) is 57.4 Å². The Hall–Kier alpha value is -3.02. The first-order valence-corrected chi connectivity index (χ1v) is 8.95. The number of hydrogen-bond donors (Lipinski definition) is 1. The van der Waals surface area contributed by atoms with E-state index in [0.717, 1.165) is 43.5 Å².